The standard InChI is InChI=1S/C21H34N4O2.HI/c1-22-21(24-15-16-27-19-11-7-2-3-8-12-19)23-14-13-20(26)25-17-18-9-5-4-6-10-18;/h4-6,9-10,19H,2-3,7-8,11-17H2,1H3,(H,25,26)(H2,22,23,24);1H. The summed E-state index contributed by atoms with van der Waals surface area (Å²) in [6.07, 6.45) is 8.45. The van der Waals surface area contributed by atoms with E-state index in [1.807, 2.05) is 30.3 Å². The molecule has 3 N–H and O–H groups in total. The highest BCUT2D eigenvalue weighted by atomic mass is 127. The maximum absolute atomic E-state index is 11.9. The third-order valence-electron chi connectivity index (χ3n) is 4.75. The molecule has 0 bridgehead atoms. The van der Waals surface area contributed by atoms with Crippen LogP contribution in [-0.4, -0.2) is 44.7 Å². The molecule has 0 spiro atoms. The maximum Gasteiger partial charge on any atom is 0.222 e. The molecule has 1 aliphatic rings. The van der Waals surface area contributed by atoms with Gasteiger partial charge >= 0.3 is 0 Å². The number of guanidine groups is 1. The van der Waals surface area contributed by atoms with Crippen LogP contribution in [0.1, 0.15) is 50.5 Å². The van der Waals surface area contributed by atoms with Gasteiger partial charge in [-0.3, -0.25) is 9.79 Å². The molecular formula is C21H35IN4O2. The van der Waals surface area contributed by atoms with E-state index in [4.69, 9.17) is 4.74 Å². The number of hydrogen-bond acceptors (Lipinski definition) is 3. The Balaban J connectivity index is 0.00000392. The van der Waals surface area contributed by atoms with Gasteiger partial charge < -0.3 is 20.7 Å². The Morgan fingerprint density at radius 2 is 1.71 bits per heavy atom. The molecule has 1 saturated carbocycles. The molecule has 0 aromatic heterocycles. The van der Waals surface area contributed by atoms with Crippen LogP contribution in [0.5, 0.6) is 0 Å². The van der Waals surface area contributed by atoms with Crippen molar-refractivity contribution in [1.82, 2.24) is 16.0 Å². The lowest BCUT2D eigenvalue weighted by Crippen LogP contribution is -2.40. The molecule has 6 nitrogen and oxygen atoms in total. The average Bonchev–Trinajstić information content (AvgIpc) is 2.98. The molecule has 2 rings (SSSR count). The largest absolute Gasteiger partial charge is 0.376 e. The Kier molecular flexibility index (Phi) is 13.7. The Morgan fingerprint density at radius 1 is 1.04 bits per heavy atom. The summed E-state index contributed by atoms with van der Waals surface area (Å²) in [6, 6.07) is 9.91. The Bertz CT molecular complexity index is 561. The van der Waals surface area contributed by atoms with Crippen molar-refractivity contribution in [3.8, 4) is 0 Å². The van der Waals surface area contributed by atoms with Gasteiger partial charge in [0.2, 0.25) is 5.91 Å². The van der Waals surface area contributed by atoms with Gasteiger partial charge in [0.1, 0.15) is 0 Å². The van der Waals surface area contributed by atoms with Crippen LogP contribution < -0.4 is 16.0 Å². The second-order valence-electron chi connectivity index (χ2n) is 6.92. The number of carbonyl (C=O) groups is 1. The second-order valence-corrected chi connectivity index (χ2v) is 6.92. The molecule has 0 unspecified atom stereocenters. The quantitative estimate of drug-likeness (QED) is 0.159. The number of carbonyl (C=O) groups excluding carboxylic acids is 1. The summed E-state index contributed by atoms with van der Waals surface area (Å²) in [5.41, 5.74) is 1.10. The van der Waals surface area contributed by atoms with Crippen LogP contribution in [-0.2, 0) is 16.1 Å². The molecule has 158 valence electrons. The molecule has 1 aromatic rings. The zero-order valence-electron chi connectivity index (χ0n) is 16.9. The Labute approximate surface area is 186 Å². The lowest BCUT2D eigenvalue weighted by molar-refractivity contribution is -0.121. The van der Waals surface area contributed by atoms with Crippen molar-refractivity contribution >= 4 is 35.8 Å². The third kappa shape index (κ3) is 10.8. The third-order valence-corrected chi connectivity index (χ3v) is 4.75. The summed E-state index contributed by atoms with van der Waals surface area (Å²) in [4.78, 5) is 16.1. The van der Waals surface area contributed by atoms with Crippen molar-refractivity contribution in [3.05, 3.63) is 35.9 Å². The van der Waals surface area contributed by atoms with Gasteiger partial charge in [0.15, 0.2) is 5.96 Å². The van der Waals surface area contributed by atoms with Crippen LogP contribution in [0, 0.1) is 0 Å². The lowest BCUT2D eigenvalue weighted by atomic mass is 10.1. The van der Waals surface area contributed by atoms with Crippen molar-refractivity contribution in [1.29, 1.82) is 0 Å². The molecule has 1 amide bonds. The van der Waals surface area contributed by atoms with Crippen LogP contribution in [0.3, 0.4) is 0 Å². The fourth-order valence-electron chi connectivity index (χ4n) is 3.20. The number of nitrogens with zero attached hydrogens (tertiary/aromatic N) is 1. The predicted octanol–water partition coefficient (Wildman–Crippen LogP) is 3.22. The van der Waals surface area contributed by atoms with E-state index >= 15 is 0 Å². The first kappa shape index (κ1) is 24.7. The summed E-state index contributed by atoms with van der Waals surface area (Å²) >= 11 is 0. The molecule has 0 radical (unpaired) electrons. The monoisotopic (exact) mass is 502 g/mol. The summed E-state index contributed by atoms with van der Waals surface area (Å²) < 4.78 is 5.97. The zero-order valence-corrected chi connectivity index (χ0v) is 19.2. The SMILES string of the molecule is CN=C(NCCOC1CCCCCC1)NCCC(=O)NCc1ccccc1.I. The van der Waals surface area contributed by atoms with Crippen molar-refractivity contribution in [2.45, 2.75) is 57.6 Å². The zero-order chi connectivity index (χ0) is 19.2. The molecular weight excluding hydrogens is 467 g/mol. The molecule has 1 aliphatic carbocycles. The van der Waals surface area contributed by atoms with E-state index in [0.29, 0.717) is 38.2 Å². The number of amides is 1. The molecule has 7 heteroatoms. The number of aliphatic imine (C=N–C) groups is 1. The van der Waals surface area contributed by atoms with E-state index in [1.165, 1.54) is 38.5 Å². The van der Waals surface area contributed by atoms with Crippen LogP contribution in [0.4, 0.5) is 0 Å². The van der Waals surface area contributed by atoms with E-state index in [9.17, 15) is 4.79 Å². The molecule has 0 atom stereocenters. The van der Waals surface area contributed by atoms with Crippen LogP contribution in [0.15, 0.2) is 35.3 Å². The van der Waals surface area contributed by atoms with Crippen molar-refractivity contribution in [2.75, 3.05) is 26.7 Å². The summed E-state index contributed by atoms with van der Waals surface area (Å²) in [5.74, 6) is 0.730. The number of ether oxygens (including phenoxy) is 1. The first-order chi connectivity index (χ1) is 13.3. The fraction of sp³-hybridized carbons (Fsp3) is 0.619. The highest BCUT2D eigenvalue weighted by Crippen LogP contribution is 2.19. The van der Waals surface area contributed by atoms with Crippen molar-refractivity contribution in [2.24, 2.45) is 4.99 Å². The topological polar surface area (TPSA) is 74.8 Å². The van der Waals surface area contributed by atoms with E-state index < -0.39 is 0 Å². The van der Waals surface area contributed by atoms with Crippen LogP contribution in [0.25, 0.3) is 0 Å². The molecule has 0 heterocycles. The summed E-state index contributed by atoms with van der Waals surface area (Å²) in [7, 11) is 1.73. The van der Waals surface area contributed by atoms with Gasteiger partial charge in [-0.15, -0.1) is 24.0 Å². The first-order valence-electron chi connectivity index (χ1n) is 10.1. The van der Waals surface area contributed by atoms with Crippen molar-refractivity contribution in [3.63, 3.8) is 0 Å². The van der Waals surface area contributed by atoms with Gasteiger partial charge in [-0.2, -0.15) is 0 Å². The number of hydrogen-bond donors (Lipinski definition) is 3. The van der Waals surface area contributed by atoms with Crippen LogP contribution >= 0.6 is 24.0 Å². The minimum absolute atomic E-state index is 0. The highest BCUT2D eigenvalue weighted by molar-refractivity contribution is 14.0. The first-order valence-corrected chi connectivity index (χ1v) is 10.1. The molecule has 0 saturated heterocycles. The predicted molar refractivity (Wildman–Crippen MR) is 125 cm³/mol. The van der Waals surface area contributed by atoms with Gasteiger partial charge in [-0.25, -0.2) is 0 Å². The second kappa shape index (κ2) is 15.6. The number of rotatable bonds is 9. The maximum atomic E-state index is 11.9. The molecule has 0 aliphatic heterocycles. The lowest BCUT2D eigenvalue weighted by Gasteiger charge is -2.16. The highest BCUT2D eigenvalue weighted by Gasteiger charge is 2.12. The fourth-order valence-corrected chi connectivity index (χ4v) is 3.20. The van der Waals surface area contributed by atoms with E-state index in [0.717, 1.165) is 12.1 Å². The van der Waals surface area contributed by atoms with E-state index in [1.54, 1.807) is 7.05 Å². The average molecular weight is 502 g/mol. The number of benzene rings is 1. The van der Waals surface area contributed by atoms with Gasteiger partial charge in [0.25, 0.3) is 0 Å². The Hall–Kier alpha value is -1.35. The summed E-state index contributed by atoms with van der Waals surface area (Å²) in [6.45, 7) is 2.51. The van der Waals surface area contributed by atoms with E-state index in [2.05, 4.69) is 20.9 Å². The molecule has 1 aromatic carbocycles. The number of nitrogens with one attached hydrogen (secondary N) is 3. The normalized spacial score (nSPS) is 15.2. The smallest absolute Gasteiger partial charge is 0.222 e. The molecule has 28 heavy (non-hydrogen) atoms. The summed E-state index contributed by atoms with van der Waals surface area (Å²) in [5, 5.41) is 9.33. The van der Waals surface area contributed by atoms with Gasteiger partial charge in [-0.05, 0) is 18.4 Å². The van der Waals surface area contributed by atoms with Crippen LogP contribution in [0.2, 0.25) is 0 Å². The van der Waals surface area contributed by atoms with E-state index in [-0.39, 0.29) is 29.9 Å². The van der Waals surface area contributed by atoms with Crippen molar-refractivity contribution < 1.29 is 9.53 Å². The molecule has 1 fully saturated rings. The minimum Gasteiger partial charge on any atom is -0.376 e. The van der Waals surface area contributed by atoms with Gasteiger partial charge in [0, 0.05) is 33.1 Å². The number of halogens is 1. The minimum atomic E-state index is 0. The van der Waals surface area contributed by atoms with Gasteiger partial charge in [0.05, 0.1) is 12.7 Å². The van der Waals surface area contributed by atoms with Gasteiger partial charge in [-0.1, -0.05) is 56.0 Å². The Morgan fingerprint density at radius 3 is 2.39 bits per heavy atom.